The van der Waals surface area contributed by atoms with Crippen LogP contribution in [0.15, 0.2) is 12.3 Å². The number of hydrogen-bond acceptors (Lipinski definition) is 4. The van der Waals surface area contributed by atoms with Gasteiger partial charge in [0.05, 0.1) is 12.0 Å². The van der Waals surface area contributed by atoms with Gasteiger partial charge in [-0.2, -0.15) is 5.10 Å². The third-order valence-electron chi connectivity index (χ3n) is 2.92. The first-order chi connectivity index (χ1) is 8.07. The van der Waals surface area contributed by atoms with Gasteiger partial charge < -0.3 is 15.7 Å². The summed E-state index contributed by atoms with van der Waals surface area (Å²) < 4.78 is 1.57. The van der Waals surface area contributed by atoms with E-state index in [1.54, 1.807) is 16.9 Å². The molecule has 1 amide bonds. The van der Waals surface area contributed by atoms with Gasteiger partial charge in [-0.15, -0.1) is 0 Å². The first-order valence-electron chi connectivity index (χ1n) is 5.28. The number of carboxylic acid groups (broad SMARTS) is 1. The van der Waals surface area contributed by atoms with Crippen LogP contribution >= 0.6 is 0 Å². The van der Waals surface area contributed by atoms with Crippen LogP contribution in [0.1, 0.15) is 16.9 Å². The number of nitrogens with one attached hydrogen (secondary N) is 2. The predicted molar refractivity (Wildman–Crippen MR) is 58.7 cm³/mol. The van der Waals surface area contributed by atoms with E-state index >= 15 is 0 Å². The van der Waals surface area contributed by atoms with Crippen molar-refractivity contribution in [1.82, 2.24) is 20.4 Å². The van der Waals surface area contributed by atoms with E-state index in [1.807, 2.05) is 0 Å². The summed E-state index contributed by atoms with van der Waals surface area (Å²) in [5.41, 5.74) is -0.248. The van der Waals surface area contributed by atoms with Crippen LogP contribution in [-0.4, -0.2) is 46.9 Å². The van der Waals surface area contributed by atoms with Crippen LogP contribution in [0.25, 0.3) is 0 Å². The largest absolute Gasteiger partial charge is 0.481 e. The summed E-state index contributed by atoms with van der Waals surface area (Å²) in [6, 6.07) is 1.58. The summed E-state index contributed by atoms with van der Waals surface area (Å²) in [6.07, 6.45) is 1.64. The Bertz CT molecular complexity index is 450. The van der Waals surface area contributed by atoms with Crippen LogP contribution in [-0.2, 0) is 10.3 Å². The molecule has 0 radical (unpaired) electrons. The van der Waals surface area contributed by atoms with Crippen molar-refractivity contribution in [3.8, 4) is 0 Å². The summed E-state index contributed by atoms with van der Waals surface area (Å²) in [4.78, 5) is 22.2. The minimum absolute atomic E-state index is 0.00510. The summed E-state index contributed by atoms with van der Waals surface area (Å²) >= 11 is 0. The second kappa shape index (κ2) is 4.17. The van der Waals surface area contributed by atoms with Gasteiger partial charge in [0.2, 0.25) is 0 Å². The van der Waals surface area contributed by atoms with Crippen molar-refractivity contribution in [3.05, 3.63) is 18.0 Å². The van der Waals surface area contributed by atoms with Gasteiger partial charge in [0.25, 0.3) is 5.91 Å². The second-order valence-electron chi connectivity index (χ2n) is 4.12. The number of aliphatic carboxylic acids is 1. The Morgan fingerprint density at radius 1 is 1.65 bits per heavy atom. The molecule has 1 fully saturated rings. The standard InChI is InChI=1S/C10H14N4O3/c1-11-9(17)7-2-3-14(13-7)10(4-8(15)16)5-12-6-10/h2-3,12H,4-6H2,1H3,(H,11,17)(H,15,16). The highest BCUT2D eigenvalue weighted by Crippen LogP contribution is 2.25. The smallest absolute Gasteiger partial charge is 0.305 e. The quantitative estimate of drug-likeness (QED) is 0.626. The summed E-state index contributed by atoms with van der Waals surface area (Å²) in [5, 5.41) is 18.5. The van der Waals surface area contributed by atoms with Gasteiger partial charge in [-0.1, -0.05) is 0 Å². The van der Waals surface area contributed by atoms with Gasteiger partial charge in [0.1, 0.15) is 5.69 Å². The predicted octanol–water partition coefficient (Wildman–Crippen LogP) is -0.984. The van der Waals surface area contributed by atoms with Gasteiger partial charge in [-0.25, -0.2) is 0 Å². The third-order valence-corrected chi connectivity index (χ3v) is 2.92. The van der Waals surface area contributed by atoms with Crippen molar-refractivity contribution in [1.29, 1.82) is 0 Å². The number of aromatic nitrogens is 2. The van der Waals surface area contributed by atoms with E-state index in [1.165, 1.54) is 7.05 Å². The van der Waals surface area contributed by atoms with Crippen LogP contribution in [0.2, 0.25) is 0 Å². The van der Waals surface area contributed by atoms with Crippen LogP contribution in [0.5, 0.6) is 0 Å². The molecule has 0 bridgehead atoms. The summed E-state index contributed by atoms with van der Waals surface area (Å²) in [5.74, 6) is -1.15. The van der Waals surface area contributed by atoms with Crippen molar-refractivity contribution in [3.63, 3.8) is 0 Å². The molecule has 1 aromatic rings. The lowest BCUT2D eigenvalue weighted by molar-refractivity contribution is -0.140. The van der Waals surface area contributed by atoms with Crippen LogP contribution < -0.4 is 10.6 Å². The van der Waals surface area contributed by atoms with Crippen molar-refractivity contribution in [2.45, 2.75) is 12.0 Å². The maximum absolute atomic E-state index is 11.4. The number of carbonyl (C=O) groups is 2. The zero-order valence-electron chi connectivity index (χ0n) is 9.43. The van der Waals surface area contributed by atoms with Crippen LogP contribution in [0.4, 0.5) is 0 Å². The molecule has 1 saturated heterocycles. The SMILES string of the molecule is CNC(=O)c1ccn(C2(CC(=O)O)CNC2)n1. The number of rotatable bonds is 4. The number of carboxylic acids is 1. The van der Waals surface area contributed by atoms with E-state index in [0.29, 0.717) is 18.8 Å². The Kier molecular flexibility index (Phi) is 2.84. The van der Waals surface area contributed by atoms with Crippen molar-refractivity contribution < 1.29 is 14.7 Å². The Labute approximate surface area is 97.8 Å². The molecule has 17 heavy (non-hydrogen) atoms. The lowest BCUT2D eigenvalue weighted by atomic mass is 9.89. The highest BCUT2D eigenvalue weighted by Gasteiger charge is 2.41. The molecule has 7 heteroatoms. The van der Waals surface area contributed by atoms with E-state index in [2.05, 4.69) is 15.7 Å². The van der Waals surface area contributed by atoms with Gasteiger partial charge in [0, 0.05) is 26.3 Å². The van der Waals surface area contributed by atoms with E-state index in [0.717, 1.165) is 0 Å². The second-order valence-corrected chi connectivity index (χ2v) is 4.12. The Balaban J connectivity index is 2.23. The molecule has 3 N–H and O–H groups in total. The molecular weight excluding hydrogens is 224 g/mol. The van der Waals surface area contributed by atoms with Gasteiger partial charge in [-0.05, 0) is 6.07 Å². The fraction of sp³-hybridized carbons (Fsp3) is 0.500. The van der Waals surface area contributed by atoms with Crippen LogP contribution in [0.3, 0.4) is 0 Å². The van der Waals surface area contributed by atoms with E-state index in [-0.39, 0.29) is 12.3 Å². The van der Waals surface area contributed by atoms with Crippen molar-refractivity contribution in [2.24, 2.45) is 0 Å². The number of nitrogens with zero attached hydrogens (tertiary/aromatic N) is 2. The highest BCUT2D eigenvalue weighted by atomic mass is 16.4. The molecule has 0 spiro atoms. The molecule has 0 aromatic carbocycles. The zero-order chi connectivity index (χ0) is 12.5. The van der Waals surface area contributed by atoms with Gasteiger partial charge in [0.15, 0.2) is 0 Å². The lowest BCUT2D eigenvalue weighted by Crippen LogP contribution is -2.61. The molecule has 0 unspecified atom stereocenters. The van der Waals surface area contributed by atoms with E-state index in [4.69, 9.17) is 5.11 Å². The molecule has 92 valence electrons. The van der Waals surface area contributed by atoms with Crippen LogP contribution in [0, 0.1) is 0 Å². The summed E-state index contributed by atoms with van der Waals surface area (Å²) in [7, 11) is 1.53. The molecule has 1 aromatic heterocycles. The Hall–Kier alpha value is -1.89. The molecule has 1 aliphatic heterocycles. The number of hydrogen-bond donors (Lipinski definition) is 3. The van der Waals surface area contributed by atoms with Gasteiger partial charge >= 0.3 is 5.97 Å². The molecule has 7 nitrogen and oxygen atoms in total. The van der Waals surface area contributed by atoms with Crippen molar-refractivity contribution >= 4 is 11.9 Å². The van der Waals surface area contributed by atoms with Gasteiger partial charge in [-0.3, -0.25) is 14.3 Å². The molecule has 0 aliphatic carbocycles. The normalized spacial score (nSPS) is 17.2. The summed E-state index contributed by atoms with van der Waals surface area (Å²) in [6.45, 7) is 1.10. The molecule has 1 aliphatic rings. The number of amides is 1. The molecule has 0 saturated carbocycles. The maximum Gasteiger partial charge on any atom is 0.305 e. The first-order valence-corrected chi connectivity index (χ1v) is 5.28. The highest BCUT2D eigenvalue weighted by molar-refractivity contribution is 5.91. The Morgan fingerprint density at radius 2 is 2.35 bits per heavy atom. The average Bonchev–Trinajstić information content (AvgIpc) is 2.71. The minimum Gasteiger partial charge on any atom is -0.481 e. The first kappa shape index (κ1) is 11.6. The molecule has 2 rings (SSSR count). The topological polar surface area (TPSA) is 96.2 Å². The maximum atomic E-state index is 11.4. The molecule has 2 heterocycles. The monoisotopic (exact) mass is 238 g/mol. The molecular formula is C10H14N4O3. The lowest BCUT2D eigenvalue weighted by Gasteiger charge is -2.41. The average molecular weight is 238 g/mol. The number of carbonyl (C=O) groups excluding carboxylic acids is 1. The van der Waals surface area contributed by atoms with Crippen molar-refractivity contribution in [2.75, 3.05) is 20.1 Å². The van der Waals surface area contributed by atoms with E-state index < -0.39 is 11.5 Å². The Morgan fingerprint density at radius 3 is 2.82 bits per heavy atom. The fourth-order valence-electron chi connectivity index (χ4n) is 1.90. The minimum atomic E-state index is -0.872. The van der Waals surface area contributed by atoms with E-state index in [9.17, 15) is 9.59 Å². The third kappa shape index (κ3) is 2.01. The zero-order valence-corrected chi connectivity index (χ0v) is 9.43. The fourth-order valence-corrected chi connectivity index (χ4v) is 1.90. The molecule has 0 atom stereocenters.